The van der Waals surface area contributed by atoms with Gasteiger partial charge in [-0.15, -0.1) is 0 Å². The van der Waals surface area contributed by atoms with Gasteiger partial charge in [-0.25, -0.2) is 0 Å². The fourth-order valence-corrected chi connectivity index (χ4v) is 2.62. The number of ether oxygens (including phenoxy) is 1. The average molecular weight is 306 g/mol. The number of carbonyl (C=O) groups is 2. The van der Waals surface area contributed by atoms with E-state index in [1.54, 1.807) is 31.4 Å². The second-order valence-corrected chi connectivity index (χ2v) is 5.50. The van der Waals surface area contributed by atoms with Crippen LogP contribution in [0.4, 0.5) is 5.69 Å². The molecule has 0 aromatic heterocycles. The van der Waals surface area contributed by atoms with E-state index in [2.05, 4.69) is 10.2 Å². The standard InChI is InChI=1S/C16H22N2O4/c1-22-14-6-4-13(5-7-14)17-15(19)8-10-18-9-2-3-12(11-18)16(20)21/h4-7,12H,2-3,8-11H2,1H3,(H,17,19)(H,20,21). The van der Waals surface area contributed by atoms with Gasteiger partial charge < -0.3 is 20.1 Å². The monoisotopic (exact) mass is 306 g/mol. The van der Waals surface area contributed by atoms with Gasteiger partial charge in [0.25, 0.3) is 0 Å². The summed E-state index contributed by atoms with van der Waals surface area (Å²) in [6.45, 7) is 1.98. The molecule has 1 heterocycles. The third-order valence-corrected chi connectivity index (χ3v) is 3.88. The zero-order chi connectivity index (χ0) is 15.9. The molecule has 1 aromatic carbocycles. The minimum Gasteiger partial charge on any atom is -0.497 e. The van der Waals surface area contributed by atoms with Crippen LogP contribution >= 0.6 is 0 Å². The Kier molecular flexibility index (Phi) is 5.77. The summed E-state index contributed by atoms with van der Waals surface area (Å²) in [7, 11) is 1.59. The molecular formula is C16H22N2O4. The first-order chi connectivity index (χ1) is 10.6. The van der Waals surface area contributed by atoms with Gasteiger partial charge in [-0.2, -0.15) is 0 Å². The second kappa shape index (κ2) is 7.79. The van der Waals surface area contributed by atoms with E-state index in [9.17, 15) is 9.59 Å². The topological polar surface area (TPSA) is 78.9 Å². The largest absolute Gasteiger partial charge is 0.497 e. The predicted octanol–water partition coefficient (Wildman–Crippen LogP) is 1.82. The highest BCUT2D eigenvalue weighted by atomic mass is 16.5. The average Bonchev–Trinajstić information content (AvgIpc) is 2.54. The number of likely N-dealkylation sites (tertiary alicyclic amines) is 1. The summed E-state index contributed by atoms with van der Waals surface area (Å²) in [5, 5.41) is 11.9. The van der Waals surface area contributed by atoms with Crippen LogP contribution in [0, 0.1) is 5.92 Å². The van der Waals surface area contributed by atoms with Gasteiger partial charge in [0.1, 0.15) is 5.75 Å². The molecule has 1 amide bonds. The first-order valence-electron chi connectivity index (χ1n) is 7.47. The Balaban J connectivity index is 1.76. The number of benzene rings is 1. The van der Waals surface area contributed by atoms with Crippen LogP contribution in [0.25, 0.3) is 0 Å². The lowest BCUT2D eigenvalue weighted by Gasteiger charge is -2.30. The van der Waals surface area contributed by atoms with Crippen molar-refractivity contribution in [2.75, 3.05) is 32.1 Å². The number of aliphatic carboxylic acids is 1. The smallest absolute Gasteiger partial charge is 0.307 e. The van der Waals surface area contributed by atoms with Crippen LogP contribution in [0.15, 0.2) is 24.3 Å². The summed E-state index contributed by atoms with van der Waals surface area (Å²) in [6, 6.07) is 7.16. The molecule has 1 saturated heterocycles. The molecule has 2 N–H and O–H groups in total. The van der Waals surface area contributed by atoms with E-state index >= 15 is 0 Å². The van der Waals surface area contributed by atoms with Gasteiger partial charge in [-0.3, -0.25) is 9.59 Å². The third-order valence-electron chi connectivity index (χ3n) is 3.88. The zero-order valence-electron chi connectivity index (χ0n) is 12.7. The lowest BCUT2D eigenvalue weighted by molar-refractivity contribution is -0.143. The molecule has 120 valence electrons. The summed E-state index contributed by atoms with van der Waals surface area (Å²) >= 11 is 0. The highest BCUT2D eigenvalue weighted by molar-refractivity contribution is 5.90. The van der Waals surface area contributed by atoms with Crippen LogP contribution in [0.1, 0.15) is 19.3 Å². The number of anilines is 1. The van der Waals surface area contributed by atoms with Gasteiger partial charge in [-0.1, -0.05) is 0 Å². The van der Waals surface area contributed by atoms with Crippen molar-refractivity contribution in [3.05, 3.63) is 24.3 Å². The third kappa shape index (κ3) is 4.73. The fourth-order valence-electron chi connectivity index (χ4n) is 2.62. The minimum atomic E-state index is -0.743. The van der Waals surface area contributed by atoms with E-state index in [0.29, 0.717) is 19.5 Å². The highest BCUT2D eigenvalue weighted by Gasteiger charge is 2.25. The number of hydrogen-bond acceptors (Lipinski definition) is 4. The molecule has 0 spiro atoms. The van der Waals surface area contributed by atoms with Crippen molar-refractivity contribution < 1.29 is 19.4 Å². The van der Waals surface area contributed by atoms with Gasteiger partial charge >= 0.3 is 5.97 Å². The number of carboxylic acid groups (broad SMARTS) is 1. The molecule has 0 aliphatic carbocycles. The Labute approximate surface area is 130 Å². The zero-order valence-corrected chi connectivity index (χ0v) is 12.7. The van der Waals surface area contributed by atoms with Crippen LogP contribution in [0.5, 0.6) is 5.75 Å². The van der Waals surface area contributed by atoms with E-state index in [1.165, 1.54) is 0 Å². The van der Waals surface area contributed by atoms with Crippen molar-refractivity contribution in [1.82, 2.24) is 4.90 Å². The molecule has 6 heteroatoms. The summed E-state index contributed by atoms with van der Waals surface area (Å²) in [5.74, 6) is -0.376. The van der Waals surface area contributed by atoms with Crippen LogP contribution < -0.4 is 10.1 Å². The number of amides is 1. The lowest BCUT2D eigenvalue weighted by atomic mass is 9.98. The summed E-state index contributed by atoms with van der Waals surface area (Å²) in [4.78, 5) is 25.0. The molecule has 0 radical (unpaired) electrons. The molecular weight excluding hydrogens is 284 g/mol. The number of piperidine rings is 1. The van der Waals surface area contributed by atoms with E-state index in [4.69, 9.17) is 9.84 Å². The molecule has 0 bridgehead atoms. The predicted molar refractivity (Wildman–Crippen MR) is 83.0 cm³/mol. The van der Waals surface area contributed by atoms with Crippen molar-refractivity contribution >= 4 is 17.6 Å². The first-order valence-corrected chi connectivity index (χ1v) is 7.47. The molecule has 2 rings (SSSR count). The Bertz CT molecular complexity index is 515. The maximum absolute atomic E-state index is 11.9. The van der Waals surface area contributed by atoms with E-state index in [0.717, 1.165) is 30.8 Å². The number of nitrogens with one attached hydrogen (secondary N) is 1. The maximum Gasteiger partial charge on any atom is 0.307 e. The lowest BCUT2D eigenvalue weighted by Crippen LogP contribution is -2.40. The summed E-state index contributed by atoms with van der Waals surface area (Å²) in [5.41, 5.74) is 0.729. The van der Waals surface area contributed by atoms with Gasteiger partial charge in [0.2, 0.25) is 5.91 Å². The SMILES string of the molecule is COc1ccc(NC(=O)CCN2CCCC(C(=O)O)C2)cc1. The maximum atomic E-state index is 11.9. The van der Waals surface area contributed by atoms with Crippen LogP contribution in [0.3, 0.4) is 0 Å². The number of nitrogens with zero attached hydrogens (tertiary/aromatic N) is 1. The van der Waals surface area contributed by atoms with E-state index < -0.39 is 5.97 Å². The van der Waals surface area contributed by atoms with Gasteiger partial charge in [0, 0.05) is 25.2 Å². The molecule has 22 heavy (non-hydrogen) atoms. The van der Waals surface area contributed by atoms with Crippen molar-refractivity contribution in [1.29, 1.82) is 0 Å². The Hall–Kier alpha value is -2.08. The molecule has 1 fully saturated rings. The number of carboxylic acids is 1. The van der Waals surface area contributed by atoms with Gasteiger partial charge in [0.05, 0.1) is 13.0 Å². The highest BCUT2D eigenvalue weighted by Crippen LogP contribution is 2.17. The quantitative estimate of drug-likeness (QED) is 0.838. The Morgan fingerprint density at radius 2 is 2.09 bits per heavy atom. The van der Waals surface area contributed by atoms with Crippen LogP contribution in [0.2, 0.25) is 0 Å². The normalized spacial score (nSPS) is 18.7. The van der Waals surface area contributed by atoms with Crippen molar-refractivity contribution in [3.63, 3.8) is 0 Å². The second-order valence-electron chi connectivity index (χ2n) is 5.50. The molecule has 1 aliphatic heterocycles. The fraction of sp³-hybridized carbons (Fsp3) is 0.500. The van der Waals surface area contributed by atoms with Gasteiger partial charge in [0.15, 0.2) is 0 Å². The van der Waals surface area contributed by atoms with Gasteiger partial charge in [-0.05, 0) is 43.7 Å². The number of carbonyl (C=O) groups excluding carboxylic acids is 1. The van der Waals surface area contributed by atoms with E-state index in [1.807, 2.05) is 0 Å². The van der Waals surface area contributed by atoms with Crippen molar-refractivity contribution in [3.8, 4) is 5.75 Å². The Morgan fingerprint density at radius 3 is 2.73 bits per heavy atom. The molecule has 1 atom stereocenters. The number of hydrogen-bond donors (Lipinski definition) is 2. The van der Waals surface area contributed by atoms with Crippen LogP contribution in [-0.4, -0.2) is 48.6 Å². The van der Waals surface area contributed by atoms with E-state index in [-0.39, 0.29) is 11.8 Å². The molecule has 1 unspecified atom stereocenters. The minimum absolute atomic E-state index is 0.0670. The van der Waals surface area contributed by atoms with Crippen molar-refractivity contribution in [2.45, 2.75) is 19.3 Å². The molecule has 6 nitrogen and oxygen atoms in total. The number of rotatable bonds is 6. The Morgan fingerprint density at radius 1 is 1.36 bits per heavy atom. The summed E-state index contributed by atoms with van der Waals surface area (Å²) < 4.78 is 5.06. The van der Waals surface area contributed by atoms with Crippen molar-refractivity contribution in [2.24, 2.45) is 5.92 Å². The number of methoxy groups -OCH3 is 1. The molecule has 1 aromatic rings. The summed E-state index contributed by atoms with van der Waals surface area (Å²) in [6.07, 6.45) is 1.96. The first kappa shape index (κ1) is 16.3. The molecule has 1 aliphatic rings. The molecule has 0 saturated carbocycles. The van der Waals surface area contributed by atoms with Crippen LogP contribution in [-0.2, 0) is 9.59 Å².